The van der Waals surface area contributed by atoms with Crippen LogP contribution >= 0.6 is 0 Å². The number of fused-ring (bicyclic) bond motifs is 1. The van der Waals surface area contributed by atoms with Gasteiger partial charge in [-0.2, -0.15) is 0 Å². The Morgan fingerprint density at radius 2 is 1.95 bits per heavy atom. The molecule has 0 bridgehead atoms. The predicted molar refractivity (Wildman–Crippen MR) is 84.8 cm³/mol. The standard InChI is InChI=1S/C19H22FN/c1-2-3-9-17-12-15-10-11-16(20)13-18(15)19(21-17)14-7-5-4-6-8-14/h4-8,10-11,13,17,19,21H,2-3,9,12H2,1H3/t17-,19+/m0/s1. The Morgan fingerprint density at radius 3 is 2.71 bits per heavy atom. The molecule has 0 saturated carbocycles. The maximum atomic E-state index is 13.7. The molecule has 110 valence electrons. The summed E-state index contributed by atoms with van der Waals surface area (Å²) < 4.78 is 13.7. The van der Waals surface area contributed by atoms with Crippen molar-refractivity contribution in [1.29, 1.82) is 0 Å². The highest BCUT2D eigenvalue weighted by Gasteiger charge is 2.27. The van der Waals surface area contributed by atoms with Gasteiger partial charge in [0.15, 0.2) is 0 Å². The van der Waals surface area contributed by atoms with Gasteiger partial charge in [0, 0.05) is 6.04 Å². The van der Waals surface area contributed by atoms with Gasteiger partial charge in [-0.1, -0.05) is 56.2 Å². The summed E-state index contributed by atoms with van der Waals surface area (Å²) in [4.78, 5) is 0. The molecular weight excluding hydrogens is 261 g/mol. The molecule has 2 aromatic carbocycles. The minimum atomic E-state index is -0.150. The van der Waals surface area contributed by atoms with Gasteiger partial charge in [0.1, 0.15) is 5.82 Å². The van der Waals surface area contributed by atoms with Crippen LogP contribution in [0.2, 0.25) is 0 Å². The lowest BCUT2D eigenvalue weighted by Crippen LogP contribution is -2.40. The van der Waals surface area contributed by atoms with Crippen LogP contribution in [0.5, 0.6) is 0 Å². The van der Waals surface area contributed by atoms with Crippen molar-refractivity contribution in [2.45, 2.75) is 44.7 Å². The molecule has 1 nitrogen and oxygen atoms in total. The van der Waals surface area contributed by atoms with E-state index in [1.165, 1.54) is 30.4 Å². The minimum absolute atomic E-state index is 0.104. The van der Waals surface area contributed by atoms with Crippen LogP contribution in [-0.2, 0) is 6.42 Å². The Balaban J connectivity index is 1.95. The number of nitrogens with one attached hydrogen (secondary N) is 1. The molecule has 0 spiro atoms. The van der Waals surface area contributed by atoms with E-state index in [4.69, 9.17) is 0 Å². The van der Waals surface area contributed by atoms with Crippen LogP contribution in [0.25, 0.3) is 0 Å². The Morgan fingerprint density at radius 1 is 1.14 bits per heavy atom. The summed E-state index contributed by atoms with van der Waals surface area (Å²) in [6, 6.07) is 16.2. The largest absolute Gasteiger partial charge is 0.303 e. The van der Waals surface area contributed by atoms with Gasteiger partial charge in [-0.05, 0) is 41.7 Å². The van der Waals surface area contributed by atoms with Crippen LogP contribution in [-0.4, -0.2) is 6.04 Å². The second-order valence-corrected chi connectivity index (χ2v) is 5.90. The Bertz CT molecular complexity index is 594. The molecule has 0 fully saturated rings. The molecule has 0 aromatic heterocycles. The fourth-order valence-corrected chi connectivity index (χ4v) is 3.23. The summed E-state index contributed by atoms with van der Waals surface area (Å²) >= 11 is 0. The summed E-state index contributed by atoms with van der Waals surface area (Å²) in [5.74, 6) is -0.150. The van der Waals surface area contributed by atoms with E-state index < -0.39 is 0 Å². The average Bonchev–Trinajstić information content (AvgIpc) is 2.53. The topological polar surface area (TPSA) is 12.0 Å². The fourth-order valence-electron chi connectivity index (χ4n) is 3.23. The second-order valence-electron chi connectivity index (χ2n) is 5.90. The van der Waals surface area contributed by atoms with Crippen molar-refractivity contribution in [1.82, 2.24) is 5.32 Å². The predicted octanol–water partition coefficient (Wildman–Crippen LogP) is 4.62. The van der Waals surface area contributed by atoms with Gasteiger partial charge >= 0.3 is 0 Å². The Hall–Kier alpha value is -1.67. The summed E-state index contributed by atoms with van der Waals surface area (Å²) in [5.41, 5.74) is 3.59. The minimum Gasteiger partial charge on any atom is -0.303 e. The monoisotopic (exact) mass is 283 g/mol. The third-order valence-corrected chi connectivity index (χ3v) is 4.33. The van der Waals surface area contributed by atoms with Crippen LogP contribution in [0.1, 0.15) is 48.9 Å². The SMILES string of the molecule is CCCC[C@H]1Cc2ccc(F)cc2[C@@H](c2ccccc2)N1. The highest BCUT2D eigenvalue weighted by Crippen LogP contribution is 2.32. The van der Waals surface area contributed by atoms with Crippen molar-refractivity contribution in [3.05, 3.63) is 71.0 Å². The highest BCUT2D eigenvalue weighted by atomic mass is 19.1. The van der Waals surface area contributed by atoms with E-state index in [1.807, 2.05) is 24.3 Å². The van der Waals surface area contributed by atoms with Gasteiger partial charge in [-0.15, -0.1) is 0 Å². The second kappa shape index (κ2) is 6.40. The summed E-state index contributed by atoms with van der Waals surface area (Å²) in [5, 5.41) is 3.72. The van der Waals surface area contributed by atoms with Gasteiger partial charge < -0.3 is 5.32 Å². The van der Waals surface area contributed by atoms with Crippen LogP contribution in [0.4, 0.5) is 4.39 Å². The Labute approximate surface area is 126 Å². The number of rotatable bonds is 4. The quantitative estimate of drug-likeness (QED) is 0.863. The van der Waals surface area contributed by atoms with Crippen molar-refractivity contribution in [3.63, 3.8) is 0 Å². The highest BCUT2D eigenvalue weighted by molar-refractivity contribution is 5.40. The molecule has 1 aliphatic rings. The van der Waals surface area contributed by atoms with Gasteiger partial charge in [0.05, 0.1) is 6.04 Å². The third-order valence-electron chi connectivity index (χ3n) is 4.33. The molecule has 1 heterocycles. The third kappa shape index (κ3) is 3.16. The van der Waals surface area contributed by atoms with E-state index in [0.29, 0.717) is 6.04 Å². The molecule has 1 aliphatic heterocycles. The lowest BCUT2D eigenvalue weighted by Gasteiger charge is -2.34. The molecule has 2 atom stereocenters. The van der Waals surface area contributed by atoms with E-state index in [2.05, 4.69) is 24.4 Å². The normalized spacial score (nSPS) is 21.0. The molecule has 21 heavy (non-hydrogen) atoms. The number of unbranched alkanes of at least 4 members (excludes halogenated alkanes) is 1. The molecule has 0 unspecified atom stereocenters. The zero-order valence-corrected chi connectivity index (χ0v) is 12.5. The molecule has 1 N–H and O–H groups in total. The van der Waals surface area contributed by atoms with Crippen LogP contribution < -0.4 is 5.32 Å². The smallest absolute Gasteiger partial charge is 0.123 e. The molecule has 0 radical (unpaired) electrons. The van der Waals surface area contributed by atoms with Gasteiger partial charge in [0.25, 0.3) is 0 Å². The van der Waals surface area contributed by atoms with Crippen molar-refractivity contribution in [3.8, 4) is 0 Å². The molecule has 0 amide bonds. The molecule has 2 aromatic rings. The van der Waals surface area contributed by atoms with E-state index in [1.54, 1.807) is 12.1 Å². The first-order valence-corrected chi connectivity index (χ1v) is 7.87. The fraction of sp³-hybridized carbons (Fsp3) is 0.368. The first kappa shape index (κ1) is 14.3. The maximum absolute atomic E-state index is 13.7. The Kier molecular flexibility index (Phi) is 4.35. The summed E-state index contributed by atoms with van der Waals surface area (Å²) in [7, 11) is 0. The van der Waals surface area contributed by atoms with Crippen LogP contribution in [0.15, 0.2) is 48.5 Å². The number of benzene rings is 2. The van der Waals surface area contributed by atoms with Crippen LogP contribution in [0.3, 0.4) is 0 Å². The van der Waals surface area contributed by atoms with E-state index in [9.17, 15) is 4.39 Å². The van der Waals surface area contributed by atoms with Gasteiger partial charge in [-0.25, -0.2) is 4.39 Å². The summed E-state index contributed by atoms with van der Waals surface area (Å²) in [6.45, 7) is 2.22. The number of halogens is 1. The average molecular weight is 283 g/mol. The van der Waals surface area contributed by atoms with E-state index >= 15 is 0 Å². The van der Waals surface area contributed by atoms with Gasteiger partial charge in [-0.3, -0.25) is 0 Å². The maximum Gasteiger partial charge on any atom is 0.123 e. The van der Waals surface area contributed by atoms with Crippen molar-refractivity contribution >= 4 is 0 Å². The first-order valence-electron chi connectivity index (χ1n) is 7.87. The van der Waals surface area contributed by atoms with Gasteiger partial charge in [0.2, 0.25) is 0 Å². The number of hydrogen-bond acceptors (Lipinski definition) is 1. The zero-order valence-electron chi connectivity index (χ0n) is 12.5. The number of hydrogen-bond donors (Lipinski definition) is 1. The summed E-state index contributed by atoms with van der Waals surface area (Å²) in [6.07, 6.45) is 4.62. The molecule has 0 aliphatic carbocycles. The molecule has 3 rings (SSSR count). The molecular formula is C19H22FN. The first-order chi connectivity index (χ1) is 10.3. The van der Waals surface area contributed by atoms with Crippen molar-refractivity contribution in [2.24, 2.45) is 0 Å². The van der Waals surface area contributed by atoms with E-state index in [-0.39, 0.29) is 11.9 Å². The zero-order chi connectivity index (χ0) is 14.7. The lowest BCUT2D eigenvalue weighted by atomic mass is 9.85. The molecule has 0 saturated heterocycles. The van der Waals surface area contributed by atoms with Crippen LogP contribution in [0, 0.1) is 5.82 Å². The lowest BCUT2D eigenvalue weighted by molar-refractivity contribution is 0.404. The van der Waals surface area contributed by atoms with E-state index in [0.717, 1.165) is 12.0 Å². The van der Waals surface area contributed by atoms with Crippen molar-refractivity contribution in [2.75, 3.05) is 0 Å². The van der Waals surface area contributed by atoms with Crippen molar-refractivity contribution < 1.29 is 4.39 Å². The molecule has 2 heteroatoms.